The number of aromatic nitrogens is 4. The highest BCUT2D eigenvalue weighted by Crippen LogP contribution is 2.33. The lowest BCUT2D eigenvalue weighted by Crippen LogP contribution is -2.12. The number of fused-ring (bicyclic) bond motifs is 3. The van der Waals surface area contributed by atoms with Crippen LogP contribution in [0.1, 0.15) is 21.6 Å². The van der Waals surface area contributed by atoms with Crippen LogP contribution in [0.2, 0.25) is 0 Å². The maximum atomic E-state index is 11.2. The van der Waals surface area contributed by atoms with E-state index in [-0.39, 0.29) is 18.8 Å². The van der Waals surface area contributed by atoms with Gasteiger partial charge in [0.2, 0.25) is 0 Å². The van der Waals surface area contributed by atoms with Crippen LogP contribution in [0.25, 0.3) is 11.4 Å². The highest BCUT2D eigenvalue weighted by molar-refractivity contribution is 5.90. The maximum Gasteiger partial charge on any atom is 0.356 e. The molecule has 1 aliphatic carbocycles. The maximum absolute atomic E-state index is 11.2. The number of aliphatic hydroxyl groups excluding tert-OH is 1. The Morgan fingerprint density at radius 3 is 3.00 bits per heavy atom. The number of nitrogens with zero attached hydrogens (tertiary/aromatic N) is 4. The average Bonchev–Trinajstić information content (AvgIpc) is 2.79. The van der Waals surface area contributed by atoms with Gasteiger partial charge in [0.05, 0.1) is 24.5 Å². The zero-order valence-corrected chi connectivity index (χ0v) is 10.1. The zero-order chi connectivity index (χ0) is 13.4. The van der Waals surface area contributed by atoms with Crippen molar-refractivity contribution in [2.24, 2.45) is 0 Å². The third-order valence-electron chi connectivity index (χ3n) is 3.22. The van der Waals surface area contributed by atoms with Gasteiger partial charge in [0.1, 0.15) is 6.33 Å². The summed E-state index contributed by atoms with van der Waals surface area (Å²) in [7, 11) is 0. The summed E-state index contributed by atoms with van der Waals surface area (Å²) in [6.45, 7) is 0.145. The molecule has 0 saturated carbocycles. The lowest BCUT2D eigenvalue weighted by atomic mass is 9.93. The van der Waals surface area contributed by atoms with E-state index in [4.69, 9.17) is 5.11 Å². The second-order valence-corrected chi connectivity index (χ2v) is 4.32. The number of carbonyl (C=O) groups is 1. The molecule has 2 heterocycles. The fraction of sp³-hybridized carbons (Fsp3) is 0.333. The summed E-state index contributed by atoms with van der Waals surface area (Å²) >= 11 is 0. The summed E-state index contributed by atoms with van der Waals surface area (Å²) in [6.07, 6.45) is 4.48. The van der Waals surface area contributed by atoms with Gasteiger partial charge in [-0.05, 0) is 18.4 Å². The predicted molar refractivity (Wildman–Crippen MR) is 64.7 cm³/mol. The molecule has 0 radical (unpaired) electrons. The summed E-state index contributed by atoms with van der Waals surface area (Å²) < 4.78 is 1.52. The first-order valence-corrected chi connectivity index (χ1v) is 5.95. The molecule has 0 spiro atoms. The summed E-state index contributed by atoms with van der Waals surface area (Å²) in [6, 6.07) is 0. The molecule has 2 N–H and O–H groups in total. The minimum Gasteiger partial charge on any atom is -0.476 e. The van der Waals surface area contributed by atoms with Crippen LogP contribution in [0, 0.1) is 0 Å². The van der Waals surface area contributed by atoms with Crippen molar-refractivity contribution in [2.75, 3.05) is 6.61 Å². The van der Waals surface area contributed by atoms with Crippen molar-refractivity contribution in [1.29, 1.82) is 0 Å². The minimum atomic E-state index is -1.05. The summed E-state index contributed by atoms with van der Waals surface area (Å²) in [4.78, 5) is 19.4. The quantitative estimate of drug-likeness (QED) is 0.813. The van der Waals surface area contributed by atoms with Crippen molar-refractivity contribution in [1.82, 2.24) is 19.7 Å². The molecular weight excluding hydrogens is 248 g/mol. The van der Waals surface area contributed by atoms with Crippen LogP contribution in [-0.4, -0.2) is 42.5 Å². The van der Waals surface area contributed by atoms with Crippen LogP contribution >= 0.6 is 0 Å². The van der Waals surface area contributed by atoms with Crippen LogP contribution in [0.15, 0.2) is 12.5 Å². The van der Waals surface area contributed by atoms with E-state index < -0.39 is 5.97 Å². The number of hydrogen-bond acceptors (Lipinski definition) is 5. The van der Waals surface area contributed by atoms with E-state index in [0.717, 1.165) is 5.56 Å². The van der Waals surface area contributed by atoms with Crippen molar-refractivity contribution in [3.05, 3.63) is 29.3 Å². The van der Waals surface area contributed by atoms with Gasteiger partial charge in [-0.2, -0.15) is 5.10 Å². The molecule has 0 aromatic carbocycles. The normalized spacial score (nSPS) is 12.9. The van der Waals surface area contributed by atoms with E-state index in [1.54, 1.807) is 6.20 Å². The first-order chi connectivity index (χ1) is 9.22. The Morgan fingerprint density at radius 2 is 2.26 bits per heavy atom. The summed E-state index contributed by atoms with van der Waals surface area (Å²) in [5.41, 5.74) is 3.12. The van der Waals surface area contributed by atoms with Crippen molar-refractivity contribution in [3.63, 3.8) is 0 Å². The Labute approximate surface area is 108 Å². The second kappa shape index (κ2) is 4.43. The van der Waals surface area contributed by atoms with Gasteiger partial charge in [-0.3, -0.25) is 4.68 Å². The Morgan fingerprint density at radius 1 is 1.42 bits per heavy atom. The predicted octanol–water partition coefficient (Wildman–Crippen LogP) is 0.129. The third-order valence-corrected chi connectivity index (χ3v) is 3.22. The average molecular weight is 260 g/mol. The minimum absolute atomic E-state index is 0.0488. The van der Waals surface area contributed by atoms with Gasteiger partial charge in [0, 0.05) is 11.8 Å². The Hall–Kier alpha value is -2.28. The van der Waals surface area contributed by atoms with E-state index in [1.165, 1.54) is 11.0 Å². The van der Waals surface area contributed by atoms with E-state index in [2.05, 4.69) is 15.1 Å². The molecule has 2 aromatic heterocycles. The molecule has 1 aliphatic rings. The first-order valence-electron chi connectivity index (χ1n) is 5.95. The van der Waals surface area contributed by atoms with Crippen LogP contribution in [0.5, 0.6) is 0 Å². The van der Waals surface area contributed by atoms with Crippen molar-refractivity contribution < 1.29 is 15.0 Å². The van der Waals surface area contributed by atoms with Crippen LogP contribution in [0.4, 0.5) is 0 Å². The van der Waals surface area contributed by atoms with Crippen LogP contribution < -0.4 is 0 Å². The highest BCUT2D eigenvalue weighted by Gasteiger charge is 2.28. The topological polar surface area (TPSA) is 101 Å². The third kappa shape index (κ3) is 1.78. The number of aliphatic hydroxyl groups is 1. The summed E-state index contributed by atoms with van der Waals surface area (Å²) in [5.74, 6) is -1.05. The molecule has 7 nitrogen and oxygen atoms in total. The Bertz CT molecular complexity index is 650. The number of aryl methyl sites for hydroxylation is 1. The van der Waals surface area contributed by atoms with Gasteiger partial charge in [0.15, 0.2) is 5.69 Å². The SMILES string of the molecule is O=C(O)c1nn(CCO)c2c1CCc1cncnc1-2. The van der Waals surface area contributed by atoms with Crippen molar-refractivity contribution in [3.8, 4) is 11.4 Å². The van der Waals surface area contributed by atoms with Crippen molar-refractivity contribution >= 4 is 5.97 Å². The Kier molecular flexibility index (Phi) is 2.75. The standard InChI is InChI=1S/C12H12N4O3/c17-4-3-16-11-8(10(15-16)12(18)19)2-1-7-5-13-6-14-9(7)11/h5-6,17H,1-4H2,(H,18,19). The van der Waals surface area contributed by atoms with E-state index in [9.17, 15) is 9.90 Å². The molecule has 0 unspecified atom stereocenters. The van der Waals surface area contributed by atoms with Gasteiger partial charge in [-0.1, -0.05) is 0 Å². The smallest absolute Gasteiger partial charge is 0.356 e. The lowest BCUT2D eigenvalue weighted by Gasteiger charge is -2.16. The van der Waals surface area contributed by atoms with Crippen molar-refractivity contribution in [2.45, 2.75) is 19.4 Å². The number of carboxylic acid groups (broad SMARTS) is 1. The fourth-order valence-electron chi connectivity index (χ4n) is 2.44. The van der Waals surface area contributed by atoms with Crippen LogP contribution in [-0.2, 0) is 19.4 Å². The molecule has 0 atom stereocenters. The molecule has 98 valence electrons. The molecule has 0 bridgehead atoms. The van der Waals surface area contributed by atoms with Gasteiger partial charge in [0.25, 0.3) is 0 Å². The highest BCUT2D eigenvalue weighted by atomic mass is 16.4. The number of hydrogen-bond donors (Lipinski definition) is 2. The summed E-state index contributed by atoms with van der Waals surface area (Å²) in [5, 5.41) is 22.4. The number of rotatable bonds is 3. The first kappa shape index (κ1) is 11.8. The van der Waals surface area contributed by atoms with Gasteiger partial charge in [-0.25, -0.2) is 14.8 Å². The molecule has 0 saturated heterocycles. The Balaban J connectivity index is 2.25. The molecule has 19 heavy (non-hydrogen) atoms. The largest absolute Gasteiger partial charge is 0.476 e. The van der Waals surface area contributed by atoms with Gasteiger partial charge in [-0.15, -0.1) is 0 Å². The molecule has 2 aromatic rings. The number of carboxylic acids is 1. The second-order valence-electron chi connectivity index (χ2n) is 4.32. The number of aromatic carboxylic acids is 1. The molecule has 3 rings (SSSR count). The van der Waals surface area contributed by atoms with E-state index >= 15 is 0 Å². The van der Waals surface area contributed by atoms with Crippen LogP contribution in [0.3, 0.4) is 0 Å². The fourth-order valence-corrected chi connectivity index (χ4v) is 2.44. The van der Waals surface area contributed by atoms with E-state index in [0.29, 0.717) is 29.8 Å². The molecule has 0 aliphatic heterocycles. The lowest BCUT2D eigenvalue weighted by molar-refractivity contribution is 0.0688. The molecule has 0 fully saturated rings. The van der Waals surface area contributed by atoms with E-state index in [1.807, 2.05) is 0 Å². The zero-order valence-electron chi connectivity index (χ0n) is 10.1. The monoisotopic (exact) mass is 260 g/mol. The van der Waals surface area contributed by atoms with Gasteiger partial charge >= 0.3 is 5.97 Å². The molecule has 7 heteroatoms. The molecular formula is C12H12N4O3. The molecule has 0 amide bonds. The van der Waals surface area contributed by atoms with Gasteiger partial charge < -0.3 is 10.2 Å².